The molecule has 0 heterocycles. The Bertz CT molecular complexity index is 98.4. The normalized spacial score (nSPS) is 8.18. The van der Waals surface area contributed by atoms with E-state index in [1.165, 1.54) is 0 Å². The monoisotopic (exact) mass is 183 g/mol. The van der Waals surface area contributed by atoms with E-state index in [4.69, 9.17) is 0 Å². The van der Waals surface area contributed by atoms with Gasteiger partial charge in [0.05, 0.1) is 6.61 Å². The number of ether oxygens (including phenoxy) is 1. The molecule has 0 aliphatic carbocycles. The molecule has 1 amide bonds. The Morgan fingerprint density at radius 1 is 1.45 bits per heavy atom. The van der Waals surface area contributed by atoms with E-state index in [-0.39, 0.29) is 51.4 Å². The topological polar surface area (TPSA) is 40.4 Å². The quantitative estimate of drug-likeness (QED) is 0.428. The van der Waals surface area contributed by atoms with Gasteiger partial charge in [0.15, 0.2) is 0 Å². The Kier molecular flexibility index (Phi) is 14.3. The molecule has 0 bridgehead atoms. The summed E-state index contributed by atoms with van der Waals surface area (Å²) in [5, 5.41) is 3.64. The maximum atomic E-state index is 10.5. The number of hydrogen-bond donors (Lipinski definition) is 0. The molecule has 0 aliphatic rings. The van der Waals surface area contributed by atoms with Gasteiger partial charge in [-0.15, -0.1) is 6.54 Å². The third-order valence-electron chi connectivity index (χ3n) is 1.02. The number of rotatable bonds is 4. The first kappa shape index (κ1) is 14.4. The van der Waals surface area contributed by atoms with Crippen LogP contribution in [0.25, 0.3) is 5.32 Å². The summed E-state index contributed by atoms with van der Waals surface area (Å²) in [6, 6.07) is 0. The Balaban J connectivity index is 0. The number of carbonyl (C=O) groups is 1. The van der Waals surface area contributed by atoms with E-state index in [2.05, 4.69) is 17.0 Å². The van der Waals surface area contributed by atoms with Crippen molar-refractivity contribution in [1.82, 2.24) is 0 Å². The molecule has 0 aromatic heterocycles. The number of hydrogen-bond acceptors (Lipinski definition) is 2. The Morgan fingerprint density at radius 2 is 2.09 bits per heavy atom. The van der Waals surface area contributed by atoms with Gasteiger partial charge in [-0.05, 0) is 6.92 Å². The fraction of sp³-hybridized carbons (Fsp3) is 0.857. The van der Waals surface area contributed by atoms with Gasteiger partial charge in [0.25, 0.3) is 0 Å². The predicted molar refractivity (Wildman–Crippen MR) is 40.2 cm³/mol. The second-order valence-electron chi connectivity index (χ2n) is 1.93. The molecule has 0 fully saturated rings. The minimum atomic E-state index is -0.434. The minimum Gasteiger partial charge on any atom is -0.617 e. The van der Waals surface area contributed by atoms with Crippen LogP contribution >= 0.6 is 0 Å². The summed E-state index contributed by atoms with van der Waals surface area (Å²) in [6.45, 7) is 4.83. The van der Waals surface area contributed by atoms with Crippen molar-refractivity contribution in [3.05, 3.63) is 5.32 Å². The zero-order valence-electron chi connectivity index (χ0n) is 7.59. The van der Waals surface area contributed by atoms with E-state index in [1.807, 2.05) is 0 Å². The molecule has 0 aromatic rings. The molecular weight excluding hydrogens is 169 g/mol. The van der Waals surface area contributed by atoms with Gasteiger partial charge in [0.2, 0.25) is 6.09 Å². The maximum absolute atomic E-state index is 10.5. The smallest absolute Gasteiger partial charge is 0.617 e. The largest absolute Gasteiger partial charge is 1.00 e. The van der Waals surface area contributed by atoms with Gasteiger partial charge in [-0.3, -0.25) is 4.79 Å². The summed E-state index contributed by atoms with van der Waals surface area (Å²) in [4.78, 5) is 10.5. The molecule has 0 radical (unpaired) electrons. The van der Waals surface area contributed by atoms with Gasteiger partial charge in [-0.2, -0.15) is 0 Å². The zero-order valence-corrected chi connectivity index (χ0v) is 10.7. The number of carbonyl (C=O) groups excluding carboxylic acids is 1. The van der Waals surface area contributed by atoms with Gasteiger partial charge >= 0.3 is 51.4 Å². The predicted octanol–water partition coefficient (Wildman–Crippen LogP) is -0.679. The molecule has 0 unspecified atom stereocenters. The van der Waals surface area contributed by atoms with E-state index in [0.717, 1.165) is 12.8 Å². The first-order valence-electron chi connectivity index (χ1n) is 3.65. The van der Waals surface area contributed by atoms with E-state index >= 15 is 0 Å². The number of unbranched alkanes of at least 4 members (excludes halogenated alkanes) is 1. The van der Waals surface area contributed by atoms with E-state index in [0.29, 0.717) is 13.2 Å². The van der Waals surface area contributed by atoms with Crippen molar-refractivity contribution in [3.63, 3.8) is 0 Å². The van der Waals surface area contributed by atoms with E-state index < -0.39 is 6.09 Å². The Hall–Kier alpha value is 0.906. The van der Waals surface area contributed by atoms with Crippen LogP contribution in [0.4, 0.5) is 4.79 Å². The molecule has 0 aliphatic heterocycles. The molecule has 60 valence electrons. The number of amides is 1. The van der Waals surface area contributed by atoms with Gasteiger partial charge in [-0.1, -0.05) is 19.8 Å². The molecule has 4 heteroatoms. The van der Waals surface area contributed by atoms with Crippen molar-refractivity contribution in [1.29, 1.82) is 0 Å². The molecule has 11 heavy (non-hydrogen) atoms. The third-order valence-corrected chi connectivity index (χ3v) is 1.02. The molecule has 0 rings (SSSR count). The summed E-state index contributed by atoms with van der Waals surface area (Å²) in [6.07, 6.45) is 1.58. The molecular formula is C7H14KNO2. The van der Waals surface area contributed by atoms with E-state index in [9.17, 15) is 4.79 Å². The first-order chi connectivity index (χ1) is 4.81. The van der Waals surface area contributed by atoms with Crippen LogP contribution in [0.1, 0.15) is 26.7 Å². The average Bonchev–Trinajstić information content (AvgIpc) is 1.89. The number of nitrogens with zero attached hydrogens (tertiary/aromatic N) is 1. The van der Waals surface area contributed by atoms with Crippen LogP contribution in [0.15, 0.2) is 0 Å². The molecule has 0 saturated heterocycles. The van der Waals surface area contributed by atoms with Crippen LogP contribution in [0, 0.1) is 0 Å². The Labute approximate surface area is 111 Å². The third kappa shape index (κ3) is 10.9. The SMILES string of the molecule is CCCC[N-]C(=O)OCC.[K+]. The van der Waals surface area contributed by atoms with Crippen LogP contribution in [0.5, 0.6) is 0 Å². The molecule has 0 saturated carbocycles. The second kappa shape index (κ2) is 10.9. The van der Waals surface area contributed by atoms with Gasteiger partial charge in [-0.25, -0.2) is 0 Å². The van der Waals surface area contributed by atoms with Crippen LogP contribution in [-0.4, -0.2) is 19.2 Å². The zero-order chi connectivity index (χ0) is 7.82. The maximum Gasteiger partial charge on any atom is 1.00 e. The molecule has 0 N–H and O–H groups in total. The van der Waals surface area contributed by atoms with Crippen LogP contribution in [-0.2, 0) is 4.74 Å². The van der Waals surface area contributed by atoms with Crippen LogP contribution < -0.4 is 51.4 Å². The van der Waals surface area contributed by atoms with Crippen molar-refractivity contribution < 1.29 is 60.9 Å². The van der Waals surface area contributed by atoms with E-state index in [1.54, 1.807) is 6.92 Å². The van der Waals surface area contributed by atoms with Crippen molar-refractivity contribution in [2.45, 2.75) is 26.7 Å². The summed E-state index contributed by atoms with van der Waals surface area (Å²) in [5.41, 5.74) is 0. The molecule has 0 atom stereocenters. The molecule has 0 aromatic carbocycles. The van der Waals surface area contributed by atoms with Crippen molar-refractivity contribution in [2.24, 2.45) is 0 Å². The second-order valence-corrected chi connectivity index (χ2v) is 1.93. The summed E-state index contributed by atoms with van der Waals surface area (Å²) < 4.78 is 4.58. The molecule has 0 spiro atoms. The first-order valence-corrected chi connectivity index (χ1v) is 3.65. The van der Waals surface area contributed by atoms with Crippen molar-refractivity contribution in [2.75, 3.05) is 13.2 Å². The van der Waals surface area contributed by atoms with Crippen LogP contribution in [0.3, 0.4) is 0 Å². The average molecular weight is 183 g/mol. The Morgan fingerprint density at radius 3 is 2.55 bits per heavy atom. The summed E-state index contributed by atoms with van der Waals surface area (Å²) >= 11 is 0. The van der Waals surface area contributed by atoms with Gasteiger partial charge in [0.1, 0.15) is 0 Å². The van der Waals surface area contributed by atoms with Crippen LogP contribution in [0.2, 0.25) is 0 Å². The minimum absolute atomic E-state index is 0. The van der Waals surface area contributed by atoms with Gasteiger partial charge in [0, 0.05) is 0 Å². The summed E-state index contributed by atoms with van der Waals surface area (Å²) in [5.74, 6) is 0. The van der Waals surface area contributed by atoms with Gasteiger partial charge < -0.3 is 10.1 Å². The fourth-order valence-electron chi connectivity index (χ4n) is 0.498. The standard InChI is InChI=1S/C7H15NO2.K/c1-3-5-6-8-7(9)10-4-2;/h3-6H2,1-2H3,(H,8,9);/q;+1/p-1. The summed E-state index contributed by atoms with van der Waals surface area (Å²) in [7, 11) is 0. The van der Waals surface area contributed by atoms with Crippen molar-refractivity contribution in [3.8, 4) is 0 Å². The fourth-order valence-corrected chi connectivity index (χ4v) is 0.498. The molecule has 3 nitrogen and oxygen atoms in total. The van der Waals surface area contributed by atoms with Crippen molar-refractivity contribution >= 4 is 6.09 Å².